The van der Waals surface area contributed by atoms with E-state index < -0.39 is 0 Å². The van der Waals surface area contributed by atoms with Crippen LogP contribution in [0.4, 0.5) is 0 Å². The van der Waals surface area contributed by atoms with Gasteiger partial charge in [-0.15, -0.1) is 0 Å². The van der Waals surface area contributed by atoms with E-state index in [0.29, 0.717) is 17.8 Å². The maximum Gasteiger partial charge on any atom is 0.297 e. The second kappa shape index (κ2) is 10.7. The minimum Gasteiger partial charge on any atom is -0.508 e. The minimum absolute atomic E-state index is 0.124. The molecule has 0 unspecified atom stereocenters. The first-order chi connectivity index (χ1) is 14.7. The van der Waals surface area contributed by atoms with Crippen molar-refractivity contribution in [2.24, 2.45) is 0 Å². The molecule has 0 aliphatic heterocycles. The standard InChI is InChI=1S/C25H31NO4/c1-3-4-5-6-7-11-16-26-22-17-20(27)14-15-21(22)23(29-2)24(25(26)28)30-18-19-12-9-8-10-13-19/h8-10,12-15,17,27H,3-7,11,16,18H2,1-2H3. The highest BCUT2D eigenvalue weighted by atomic mass is 16.5. The lowest BCUT2D eigenvalue weighted by molar-refractivity contribution is 0.279. The van der Waals surface area contributed by atoms with E-state index in [1.807, 2.05) is 30.3 Å². The summed E-state index contributed by atoms with van der Waals surface area (Å²) < 4.78 is 13.2. The first-order valence-electron chi connectivity index (χ1n) is 10.8. The number of methoxy groups -OCH3 is 1. The minimum atomic E-state index is -0.227. The van der Waals surface area contributed by atoms with E-state index in [1.165, 1.54) is 32.8 Å². The molecule has 1 N–H and O–H groups in total. The summed E-state index contributed by atoms with van der Waals surface area (Å²) in [6, 6.07) is 14.7. The second-order valence-electron chi connectivity index (χ2n) is 7.56. The fraction of sp³-hybridized carbons (Fsp3) is 0.400. The summed E-state index contributed by atoms with van der Waals surface area (Å²) in [5.41, 5.74) is 1.42. The van der Waals surface area contributed by atoms with Crippen molar-refractivity contribution in [3.8, 4) is 17.2 Å². The Morgan fingerprint density at radius 3 is 2.40 bits per heavy atom. The molecule has 5 heteroatoms. The molecule has 0 aliphatic rings. The Bertz CT molecular complexity index is 1010. The number of aromatic hydroxyl groups is 1. The zero-order chi connectivity index (χ0) is 21.3. The third-order valence-corrected chi connectivity index (χ3v) is 5.33. The molecule has 3 rings (SSSR count). The summed E-state index contributed by atoms with van der Waals surface area (Å²) in [6.07, 6.45) is 6.82. The Balaban J connectivity index is 1.93. The van der Waals surface area contributed by atoms with Crippen LogP contribution in [0.25, 0.3) is 10.9 Å². The van der Waals surface area contributed by atoms with Gasteiger partial charge in [-0.3, -0.25) is 4.79 Å². The zero-order valence-electron chi connectivity index (χ0n) is 17.9. The molecule has 0 saturated carbocycles. The number of rotatable bonds is 11. The van der Waals surface area contributed by atoms with Gasteiger partial charge in [0.15, 0.2) is 5.75 Å². The van der Waals surface area contributed by atoms with Crippen LogP contribution in [0.3, 0.4) is 0 Å². The van der Waals surface area contributed by atoms with Crippen LogP contribution >= 0.6 is 0 Å². The Kier molecular flexibility index (Phi) is 7.77. The van der Waals surface area contributed by atoms with Crippen molar-refractivity contribution in [3.63, 3.8) is 0 Å². The Labute approximate surface area is 177 Å². The molecule has 2 aromatic carbocycles. The number of phenols is 1. The van der Waals surface area contributed by atoms with Crippen molar-refractivity contribution in [1.82, 2.24) is 4.57 Å². The molecule has 5 nitrogen and oxygen atoms in total. The molecule has 0 amide bonds. The van der Waals surface area contributed by atoms with Gasteiger partial charge < -0.3 is 19.1 Å². The van der Waals surface area contributed by atoms with E-state index in [-0.39, 0.29) is 23.7 Å². The molecule has 160 valence electrons. The van der Waals surface area contributed by atoms with Crippen LogP contribution < -0.4 is 15.0 Å². The van der Waals surface area contributed by atoms with Crippen LogP contribution in [-0.4, -0.2) is 16.8 Å². The number of nitrogens with zero attached hydrogens (tertiary/aromatic N) is 1. The third-order valence-electron chi connectivity index (χ3n) is 5.33. The van der Waals surface area contributed by atoms with Crippen molar-refractivity contribution in [1.29, 1.82) is 0 Å². The summed E-state index contributed by atoms with van der Waals surface area (Å²) >= 11 is 0. The molecule has 1 aromatic heterocycles. The van der Waals surface area contributed by atoms with Crippen LogP contribution in [0.15, 0.2) is 53.3 Å². The molecule has 30 heavy (non-hydrogen) atoms. The Morgan fingerprint density at radius 2 is 1.67 bits per heavy atom. The molecule has 0 spiro atoms. The number of hydrogen-bond donors (Lipinski definition) is 1. The van der Waals surface area contributed by atoms with Crippen molar-refractivity contribution in [2.75, 3.05) is 7.11 Å². The molecule has 0 bridgehead atoms. The highest BCUT2D eigenvalue weighted by Gasteiger charge is 2.19. The molecular formula is C25H31NO4. The number of hydrogen-bond acceptors (Lipinski definition) is 4. The van der Waals surface area contributed by atoms with Crippen LogP contribution in [-0.2, 0) is 13.2 Å². The topological polar surface area (TPSA) is 60.7 Å². The maximum absolute atomic E-state index is 13.3. The van der Waals surface area contributed by atoms with Crippen LogP contribution in [0.1, 0.15) is 51.0 Å². The van der Waals surface area contributed by atoms with Crippen LogP contribution in [0.5, 0.6) is 17.2 Å². The second-order valence-corrected chi connectivity index (χ2v) is 7.56. The van der Waals surface area contributed by atoms with Crippen LogP contribution in [0.2, 0.25) is 0 Å². The number of pyridine rings is 1. The summed E-state index contributed by atoms with van der Waals surface area (Å²) in [5, 5.41) is 10.8. The van der Waals surface area contributed by atoms with E-state index in [0.717, 1.165) is 23.8 Å². The number of phenolic OH excluding ortho intramolecular Hbond substituents is 1. The Hall–Kier alpha value is -2.95. The van der Waals surface area contributed by atoms with Gasteiger partial charge in [-0.2, -0.15) is 0 Å². The summed E-state index contributed by atoms with van der Waals surface area (Å²) in [5.74, 6) is 0.745. The van der Waals surface area contributed by atoms with E-state index in [9.17, 15) is 9.90 Å². The fourth-order valence-corrected chi connectivity index (χ4v) is 3.72. The summed E-state index contributed by atoms with van der Waals surface area (Å²) in [6.45, 7) is 3.07. The van der Waals surface area contributed by atoms with E-state index in [1.54, 1.807) is 22.8 Å². The van der Waals surface area contributed by atoms with Gasteiger partial charge in [-0.25, -0.2) is 0 Å². The highest BCUT2D eigenvalue weighted by Crippen LogP contribution is 2.34. The largest absolute Gasteiger partial charge is 0.508 e. The lowest BCUT2D eigenvalue weighted by Gasteiger charge is -2.18. The predicted molar refractivity (Wildman–Crippen MR) is 121 cm³/mol. The van der Waals surface area contributed by atoms with Crippen molar-refractivity contribution < 1.29 is 14.6 Å². The number of aryl methyl sites for hydroxylation is 1. The smallest absolute Gasteiger partial charge is 0.297 e. The van der Waals surface area contributed by atoms with E-state index in [2.05, 4.69) is 6.92 Å². The van der Waals surface area contributed by atoms with Gasteiger partial charge in [-0.1, -0.05) is 69.4 Å². The lowest BCUT2D eigenvalue weighted by Crippen LogP contribution is -2.23. The normalized spacial score (nSPS) is 11.0. The van der Waals surface area contributed by atoms with E-state index >= 15 is 0 Å². The van der Waals surface area contributed by atoms with Gasteiger partial charge in [-0.05, 0) is 24.1 Å². The molecule has 0 fully saturated rings. The first-order valence-corrected chi connectivity index (χ1v) is 10.8. The average Bonchev–Trinajstić information content (AvgIpc) is 2.76. The molecule has 0 atom stereocenters. The lowest BCUT2D eigenvalue weighted by atomic mass is 10.1. The number of benzene rings is 2. The molecule has 0 radical (unpaired) electrons. The number of fused-ring (bicyclic) bond motifs is 1. The monoisotopic (exact) mass is 409 g/mol. The molecule has 1 heterocycles. The van der Waals surface area contributed by atoms with Crippen LogP contribution in [0, 0.1) is 0 Å². The maximum atomic E-state index is 13.3. The number of aromatic nitrogens is 1. The third kappa shape index (κ3) is 5.15. The Morgan fingerprint density at radius 1 is 0.933 bits per heavy atom. The SMILES string of the molecule is CCCCCCCCn1c(=O)c(OCc2ccccc2)c(OC)c2ccc(O)cc21. The molecule has 3 aromatic rings. The average molecular weight is 410 g/mol. The first kappa shape index (κ1) is 21.8. The summed E-state index contributed by atoms with van der Waals surface area (Å²) in [7, 11) is 1.54. The quantitative estimate of drug-likeness (QED) is 0.415. The van der Waals surface area contributed by atoms with Gasteiger partial charge >= 0.3 is 0 Å². The van der Waals surface area contributed by atoms with E-state index in [4.69, 9.17) is 9.47 Å². The van der Waals surface area contributed by atoms with Gasteiger partial charge in [0.25, 0.3) is 5.56 Å². The molecular weight excluding hydrogens is 378 g/mol. The molecule has 0 aliphatic carbocycles. The van der Waals surface area contributed by atoms with Crippen molar-refractivity contribution in [3.05, 3.63) is 64.4 Å². The predicted octanol–water partition coefficient (Wildman–Crippen LogP) is 5.66. The van der Waals surface area contributed by atoms with Gasteiger partial charge in [0.05, 0.1) is 12.6 Å². The number of ether oxygens (including phenoxy) is 2. The fourth-order valence-electron chi connectivity index (χ4n) is 3.72. The zero-order valence-corrected chi connectivity index (χ0v) is 17.9. The van der Waals surface area contributed by atoms with Crippen molar-refractivity contribution in [2.45, 2.75) is 58.6 Å². The van der Waals surface area contributed by atoms with Gasteiger partial charge in [0.2, 0.25) is 5.75 Å². The number of unbranched alkanes of at least 4 members (excludes halogenated alkanes) is 5. The molecule has 0 saturated heterocycles. The highest BCUT2D eigenvalue weighted by molar-refractivity contribution is 5.89. The summed E-state index contributed by atoms with van der Waals surface area (Å²) in [4.78, 5) is 13.3. The van der Waals surface area contributed by atoms with Gasteiger partial charge in [0, 0.05) is 18.0 Å². The van der Waals surface area contributed by atoms with Crippen molar-refractivity contribution >= 4 is 10.9 Å². The van der Waals surface area contributed by atoms with Gasteiger partial charge in [0.1, 0.15) is 12.4 Å².